The van der Waals surface area contributed by atoms with Gasteiger partial charge < -0.3 is 10.5 Å². The fourth-order valence-corrected chi connectivity index (χ4v) is 2.70. The molecule has 0 heterocycles. The third-order valence-corrected chi connectivity index (χ3v) is 4.03. The molecule has 0 fully saturated rings. The Hall–Kier alpha value is -2.90. The molecular formula is C18H19ClF3N3O6S. The van der Waals surface area contributed by atoms with Crippen molar-refractivity contribution in [1.82, 2.24) is 4.72 Å². The van der Waals surface area contributed by atoms with Gasteiger partial charge in [0, 0.05) is 12.1 Å². The highest BCUT2D eigenvalue weighted by Crippen LogP contribution is 2.37. The highest BCUT2D eigenvalue weighted by Gasteiger charge is 2.31. The second-order valence-corrected chi connectivity index (χ2v) is 8.78. The van der Waals surface area contributed by atoms with Gasteiger partial charge >= 0.3 is 6.18 Å². The Morgan fingerprint density at radius 1 is 1.22 bits per heavy atom. The molecule has 0 saturated heterocycles. The summed E-state index contributed by atoms with van der Waals surface area (Å²) in [6.07, 6.45) is -3.94. The molecule has 32 heavy (non-hydrogen) atoms. The lowest BCUT2D eigenvalue weighted by molar-refractivity contribution is -0.385. The molecule has 0 aliphatic heterocycles. The van der Waals surface area contributed by atoms with E-state index in [1.54, 1.807) is 4.72 Å². The van der Waals surface area contributed by atoms with Gasteiger partial charge in [0.25, 0.3) is 11.6 Å². The molecule has 1 amide bonds. The molecule has 176 valence electrons. The van der Waals surface area contributed by atoms with Crippen molar-refractivity contribution in [2.24, 2.45) is 5.73 Å². The standard InChI is InChI=1S/C15H10ClF3N2O6S.C3H9N/c1-28(25,26)20-14(22)10-7-9(3-4-12(10)21(23)24)27-13-5-2-8(6-11(13)16)15(17,18)19;1-3(2)4/h2-7H,1H3,(H,20,22);3H,4H2,1-2H3. The van der Waals surface area contributed by atoms with Crippen LogP contribution in [0.1, 0.15) is 29.8 Å². The van der Waals surface area contributed by atoms with E-state index in [-0.39, 0.29) is 11.5 Å². The molecule has 0 spiro atoms. The van der Waals surface area contributed by atoms with Gasteiger partial charge in [0.05, 0.1) is 21.8 Å². The predicted molar refractivity (Wildman–Crippen MR) is 111 cm³/mol. The lowest BCUT2D eigenvalue weighted by Crippen LogP contribution is -2.29. The number of nitrogens with zero attached hydrogens (tertiary/aromatic N) is 1. The van der Waals surface area contributed by atoms with Crippen molar-refractivity contribution in [2.75, 3.05) is 6.26 Å². The number of nitrogens with one attached hydrogen (secondary N) is 1. The maximum Gasteiger partial charge on any atom is 0.416 e. The summed E-state index contributed by atoms with van der Waals surface area (Å²) in [6.45, 7) is 3.89. The maximum absolute atomic E-state index is 12.7. The Bertz CT molecular complexity index is 1100. The molecule has 2 aromatic carbocycles. The van der Waals surface area contributed by atoms with Gasteiger partial charge in [-0.2, -0.15) is 13.2 Å². The first-order valence-corrected chi connectivity index (χ1v) is 10.9. The van der Waals surface area contributed by atoms with Gasteiger partial charge in [-0.25, -0.2) is 13.1 Å². The SMILES string of the molecule is CC(C)N.CS(=O)(=O)NC(=O)c1cc(Oc2ccc(C(F)(F)F)cc2Cl)ccc1[N+](=O)[O-]. The molecule has 0 aromatic heterocycles. The number of alkyl halides is 3. The van der Waals surface area contributed by atoms with Gasteiger partial charge in [0.15, 0.2) is 0 Å². The number of nitro benzene ring substituents is 1. The molecule has 3 N–H and O–H groups in total. The molecule has 0 saturated carbocycles. The van der Waals surface area contributed by atoms with Crippen LogP contribution in [0.25, 0.3) is 0 Å². The first-order valence-electron chi connectivity index (χ1n) is 8.62. The van der Waals surface area contributed by atoms with Crippen molar-refractivity contribution in [1.29, 1.82) is 0 Å². The zero-order chi connectivity index (χ0) is 24.9. The number of halogens is 4. The molecule has 2 rings (SSSR count). The number of nitrogens with two attached hydrogens (primary N) is 1. The zero-order valence-corrected chi connectivity index (χ0v) is 18.5. The van der Waals surface area contributed by atoms with Crippen molar-refractivity contribution in [3.8, 4) is 11.5 Å². The second kappa shape index (κ2) is 10.6. The Labute approximate surface area is 186 Å². The van der Waals surface area contributed by atoms with Gasteiger partial charge in [0.2, 0.25) is 10.0 Å². The van der Waals surface area contributed by atoms with Crippen LogP contribution in [0.15, 0.2) is 36.4 Å². The topological polar surface area (TPSA) is 142 Å². The highest BCUT2D eigenvalue weighted by molar-refractivity contribution is 7.89. The average molecular weight is 498 g/mol. The van der Waals surface area contributed by atoms with E-state index in [4.69, 9.17) is 22.1 Å². The third kappa shape index (κ3) is 8.69. The average Bonchev–Trinajstić information content (AvgIpc) is 2.60. The number of carbonyl (C=O) groups excluding carboxylic acids is 1. The fraction of sp³-hybridized carbons (Fsp3) is 0.278. The quantitative estimate of drug-likeness (QED) is 0.467. The number of benzene rings is 2. The van der Waals surface area contributed by atoms with Gasteiger partial charge in [-0.05, 0) is 30.3 Å². The van der Waals surface area contributed by atoms with E-state index in [0.29, 0.717) is 24.4 Å². The van der Waals surface area contributed by atoms with E-state index >= 15 is 0 Å². The van der Waals surface area contributed by atoms with Crippen molar-refractivity contribution in [3.63, 3.8) is 0 Å². The zero-order valence-electron chi connectivity index (χ0n) is 16.9. The number of hydrogen-bond acceptors (Lipinski definition) is 7. The maximum atomic E-state index is 12.7. The van der Waals surface area contributed by atoms with E-state index in [0.717, 1.165) is 24.3 Å². The first-order chi connectivity index (χ1) is 14.5. The lowest BCUT2D eigenvalue weighted by atomic mass is 10.1. The Morgan fingerprint density at radius 2 is 1.78 bits per heavy atom. The summed E-state index contributed by atoms with van der Waals surface area (Å²) in [5, 5.41) is 10.7. The predicted octanol–water partition coefficient (Wildman–Crippen LogP) is 4.10. The Balaban J connectivity index is 0.00000118. The number of amides is 1. The number of carbonyl (C=O) groups is 1. The van der Waals surface area contributed by atoms with Gasteiger partial charge in [-0.15, -0.1) is 0 Å². The summed E-state index contributed by atoms with van der Waals surface area (Å²) < 4.78 is 67.2. The van der Waals surface area contributed by atoms with Crippen molar-refractivity contribution in [3.05, 3.63) is 62.7 Å². The van der Waals surface area contributed by atoms with E-state index in [1.807, 2.05) is 13.8 Å². The lowest BCUT2D eigenvalue weighted by Gasteiger charge is -2.12. The van der Waals surface area contributed by atoms with Gasteiger partial charge in [-0.1, -0.05) is 25.4 Å². The summed E-state index contributed by atoms with van der Waals surface area (Å²) >= 11 is 5.76. The van der Waals surface area contributed by atoms with E-state index in [2.05, 4.69) is 0 Å². The Kier molecular flexibility index (Phi) is 9.00. The van der Waals surface area contributed by atoms with E-state index in [1.165, 1.54) is 0 Å². The minimum atomic E-state index is -4.62. The molecule has 0 bridgehead atoms. The number of rotatable bonds is 5. The normalized spacial score (nSPS) is 11.4. The largest absolute Gasteiger partial charge is 0.456 e. The first kappa shape index (κ1) is 27.1. The number of hydrogen-bond donors (Lipinski definition) is 2. The number of ether oxygens (including phenoxy) is 1. The van der Waals surface area contributed by atoms with Crippen LogP contribution in [0.5, 0.6) is 11.5 Å². The summed E-state index contributed by atoms with van der Waals surface area (Å²) in [7, 11) is -4.00. The number of sulfonamides is 1. The van der Waals surface area contributed by atoms with E-state index in [9.17, 15) is 36.5 Å². The minimum Gasteiger partial charge on any atom is -0.456 e. The van der Waals surface area contributed by atoms with Crippen LogP contribution >= 0.6 is 11.6 Å². The van der Waals surface area contributed by atoms with Crippen molar-refractivity contribution in [2.45, 2.75) is 26.1 Å². The van der Waals surface area contributed by atoms with Crippen molar-refractivity contribution >= 4 is 33.2 Å². The highest BCUT2D eigenvalue weighted by atomic mass is 35.5. The minimum absolute atomic E-state index is 0.189. The summed E-state index contributed by atoms with van der Waals surface area (Å²) in [5.74, 6) is -1.68. The number of nitro groups is 1. The third-order valence-electron chi connectivity index (χ3n) is 3.17. The summed E-state index contributed by atoms with van der Waals surface area (Å²) in [6, 6.07) is 5.42. The van der Waals surface area contributed by atoms with E-state index < -0.39 is 48.9 Å². The Morgan fingerprint density at radius 3 is 2.22 bits per heavy atom. The summed E-state index contributed by atoms with van der Waals surface area (Å²) in [5.41, 5.74) is 2.77. The molecule has 0 unspecified atom stereocenters. The smallest absolute Gasteiger partial charge is 0.416 e. The molecule has 0 aliphatic rings. The molecule has 0 aliphatic carbocycles. The van der Waals surface area contributed by atoms with Crippen LogP contribution < -0.4 is 15.2 Å². The van der Waals surface area contributed by atoms with Crippen molar-refractivity contribution < 1.29 is 36.0 Å². The molecule has 9 nitrogen and oxygen atoms in total. The molecule has 2 aromatic rings. The van der Waals surface area contributed by atoms with Crippen LogP contribution in [0.3, 0.4) is 0 Å². The summed E-state index contributed by atoms with van der Waals surface area (Å²) in [4.78, 5) is 22.2. The molecular weight excluding hydrogens is 479 g/mol. The molecule has 14 heteroatoms. The van der Waals surface area contributed by atoms with Crippen LogP contribution in [0.4, 0.5) is 18.9 Å². The van der Waals surface area contributed by atoms with Gasteiger partial charge in [-0.3, -0.25) is 14.9 Å². The monoisotopic (exact) mass is 497 g/mol. The van der Waals surface area contributed by atoms with Crippen LogP contribution in [0, 0.1) is 10.1 Å². The fourth-order valence-electron chi connectivity index (χ4n) is 2.03. The van der Waals surface area contributed by atoms with Crippen LogP contribution in [-0.4, -0.2) is 31.5 Å². The van der Waals surface area contributed by atoms with Gasteiger partial charge in [0.1, 0.15) is 17.1 Å². The second-order valence-electron chi connectivity index (χ2n) is 6.63. The molecule has 0 radical (unpaired) electrons. The molecule has 0 atom stereocenters. The van der Waals surface area contributed by atoms with Crippen LogP contribution in [-0.2, 0) is 16.2 Å². The van der Waals surface area contributed by atoms with Crippen LogP contribution in [0.2, 0.25) is 5.02 Å².